The number of nitrogens with two attached hydrogens (primary N) is 1. The molecule has 3 N–H and O–H groups in total. The van der Waals surface area contributed by atoms with Gasteiger partial charge in [-0.05, 0) is 18.4 Å². The Morgan fingerprint density at radius 3 is 2.36 bits per heavy atom. The van der Waals surface area contributed by atoms with Gasteiger partial charge in [0.1, 0.15) is 0 Å². The summed E-state index contributed by atoms with van der Waals surface area (Å²) in [5.41, 5.74) is 7.54. The Bertz CT molecular complexity index is 682. The first-order chi connectivity index (χ1) is 13.7. The molecule has 154 valence electrons. The Hall–Kier alpha value is -2.21. The third-order valence-corrected chi connectivity index (χ3v) is 4.85. The molecule has 0 radical (unpaired) electrons. The molecule has 6 nitrogen and oxygen atoms in total. The molecule has 0 aliphatic rings. The quantitative estimate of drug-likeness (QED) is 0.478. The van der Waals surface area contributed by atoms with Crippen molar-refractivity contribution in [3.05, 3.63) is 35.7 Å². The molecule has 0 bridgehead atoms. The third kappa shape index (κ3) is 8.21. The van der Waals surface area contributed by atoms with Gasteiger partial charge in [-0.2, -0.15) is 4.98 Å². The molecule has 0 aliphatic carbocycles. The number of carbonyl (C=O) groups is 1. The summed E-state index contributed by atoms with van der Waals surface area (Å²) < 4.78 is 5.25. The summed E-state index contributed by atoms with van der Waals surface area (Å²) in [5, 5.41) is 6.71. The Morgan fingerprint density at radius 1 is 1.00 bits per heavy atom. The van der Waals surface area contributed by atoms with Crippen molar-refractivity contribution in [3.8, 4) is 11.4 Å². The zero-order valence-electron chi connectivity index (χ0n) is 17.1. The normalized spacial score (nSPS) is 10.9. The highest BCUT2D eigenvalue weighted by Crippen LogP contribution is 2.18. The van der Waals surface area contributed by atoms with E-state index in [0.717, 1.165) is 12.0 Å². The predicted molar refractivity (Wildman–Crippen MR) is 112 cm³/mol. The fourth-order valence-electron chi connectivity index (χ4n) is 3.14. The van der Waals surface area contributed by atoms with Gasteiger partial charge in [-0.15, -0.1) is 0 Å². The van der Waals surface area contributed by atoms with Gasteiger partial charge in [-0.3, -0.25) is 4.79 Å². The minimum atomic E-state index is -0.188. The van der Waals surface area contributed by atoms with Gasteiger partial charge in [0.25, 0.3) is 0 Å². The topological polar surface area (TPSA) is 94.0 Å². The van der Waals surface area contributed by atoms with E-state index in [1.165, 1.54) is 56.9 Å². The molecule has 0 atom stereocenters. The molecule has 0 saturated heterocycles. The second-order valence-electron chi connectivity index (χ2n) is 7.24. The van der Waals surface area contributed by atoms with Crippen molar-refractivity contribution in [1.82, 2.24) is 15.5 Å². The minimum Gasteiger partial charge on any atom is -0.354 e. The summed E-state index contributed by atoms with van der Waals surface area (Å²) >= 11 is 0. The molecule has 1 heterocycles. The van der Waals surface area contributed by atoms with Crippen molar-refractivity contribution in [2.24, 2.45) is 5.73 Å². The van der Waals surface area contributed by atoms with Crippen LogP contribution in [0.5, 0.6) is 0 Å². The highest BCUT2D eigenvalue weighted by atomic mass is 16.5. The standard InChI is InChI=1S/C22H34N4O2/c1-2-3-4-5-6-7-8-9-10-18-11-13-19(14-12-18)22-25-21(28-26-22)15-16-24-20(27)17-23/h11-14H,2-10,15-17,23H2,1H3,(H,24,27). The van der Waals surface area contributed by atoms with E-state index >= 15 is 0 Å². The van der Waals surface area contributed by atoms with Gasteiger partial charge < -0.3 is 15.6 Å². The van der Waals surface area contributed by atoms with Crippen molar-refractivity contribution >= 4 is 5.91 Å². The molecule has 28 heavy (non-hydrogen) atoms. The second-order valence-corrected chi connectivity index (χ2v) is 7.24. The lowest BCUT2D eigenvalue weighted by atomic mass is 10.0. The number of carbonyl (C=O) groups excluding carboxylic acids is 1. The van der Waals surface area contributed by atoms with E-state index < -0.39 is 0 Å². The molecule has 1 amide bonds. The Kier molecular flexibility index (Phi) is 10.3. The summed E-state index contributed by atoms with van der Waals surface area (Å²) in [5.74, 6) is 0.904. The van der Waals surface area contributed by atoms with Crippen molar-refractivity contribution in [3.63, 3.8) is 0 Å². The highest BCUT2D eigenvalue weighted by Gasteiger charge is 2.09. The summed E-state index contributed by atoms with van der Waals surface area (Å²) in [6.07, 6.45) is 12.3. The van der Waals surface area contributed by atoms with Crippen LogP contribution in [-0.4, -0.2) is 29.1 Å². The average molecular weight is 387 g/mol. The maximum atomic E-state index is 11.1. The maximum absolute atomic E-state index is 11.1. The SMILES string of the molecule is CCCCCCCCCCc1ccc(-c2noc(CCNC(=O)CN)n2)cc1. The fourth-order valence-corrected chi connectivity index (χ4v) is 3.14. The monoisotopic (exact) mass is 386 g/mol. The molecule has 0 fully saturated rings. The van der Waals surface area contributed by atoms with Crippen LogP contribution in [0.25, 0.3) is 11.4 Å². The molecule has 6 heteroatoms. The summed E-state index contributed by atoms with van der Waals surface area (Å²) in [6, 6.07) is 8.39. The van der Waals surface area contributed by atoms with E-state index in [1.807, 2.05) is 12.1 Å². The Morgan fingerprint density at radius 2 is 1.68 bits per heavy atom. The number of unbranched alkanes of at least 4 members (excludes halogenated alkanes) is 7. The molecular weight excluding hydrogens is 352 g/mol. The van der Waals surface area contributed by atoms with Gasteiger partial charge in [0.15, 0.2) is 0 Å². The van der Waals surface area contributed by atoms with Crippen LogP contribution in [0, 0.1) is 0 Å². The van der Waals surface area contributed by atoms with Crippen LogP contribution in [0.15, 0.2) is 28.8 Å². The van der Waals surface area contributed by atoms with E-state index in [0.29, 0.717) is 24.7 Å². The van der Waals surface area contributed by atoms with Crippen LogP contribution in [-0.2, 0) is 17.6 Å². The van der Waals surface area contributed by atoms with Gasteiger partial charge in [0.2, 0.25) is 17.6 Å². The van der Waals surface area contributed by atoms with Crippen molar-refractivity contribution in [1.29, 1.82) is 0 Å². The summed E-state index contributed by atoms with van der Waals surface area (Å²) in [7, 11) is 0. The summed E-state index contributed by atoms with van der Waals surface area (Å²) in [6.45, 7) is 2.68. The average Bonchev–Trinajstić information content (AvgIpc) is 3.19. The molecule has 0 unspecified atom stereocenters. The Balaban J connectivity index is 1.68. The Labute approximate surface area is 168 Å². The number of rotatable bonds is 14. The number of hydrogen-bond donors (Lipinski definition) is 2. The lowest BCUT2D eigenvalue weighted by molar-refractivity contribution is -0.119. The third-order valence-electron chi connectivity index (χ3n) is 4.85. The molecule has 0 saturated carbocycles. The highest BCUT2D eigenvalue weighted by molar-refractivity contribution is 5.77. The number of nitrogens with zero attached hydrogens (tertiary/aromatic N) is 2. The first kappa shape index (κ1) is 22.1. The molecule has 1 aromatic heterocycles. The molecule has 0 aliphatic heterocycles. The zero-order valence-corrected chi connectivity index (χ0v) is 17.1. The van der Waals surface area contributed by atoms with Crippen LogP contribution in [0.3, 0.4) is 0 Å². The van der Waals surface area contributed by atoms with Crippen LogP contribution in [0.2, 0.25) is 0 Å². The van der Waals surface area contributed by atoms with Gasteiger partial charge in [-0.1, -0.05) is 81.3 Å². The molecule has 1 aromatic carbocycles. The van der Waals surface area contributed by atoms with E-state index in [-0.39, 0.29) is 12.5 Å². The largest absolute Gasteiger partial charge is 0.354 e. The first-order valence-electron chi connectivity index (χ1n) is 10.6. The maximum Gasteiger partial charge on any atom is 0.233 e. The molecule has 0 spiro atoms. The molecule has 2 rings (SSSR count). The number of nitrogens with one attached hydrogen (secondary N) is 1. The van der Waals surface area contributed by atoms with Gasteiger partial charge in [0, 0.05) is 18.5 Å². The smallest absolute Gasteiger partial charge is 0.233 e. The number of aryl methyl sites for hydroxylation is 1. The number of aromatic nitrogens is 2. The van der Waals surface area contributed by atoms with E-state index in [4.69, 9.17) is 10.3 Å². The molecular formula is C22H34N4O2. The van der Waals surface area contributed by atoms with Crippen molar-refractivity contribution in [2.75, 3.05) is 13.1 Å². The predicted octanol–water partition coefficient (Wildman–Crippen LogP) is 4.04. The second kappa shape index (κ2) is 13.0. The summed E-state index contributed by atoms with van der Waals surface area (Å²) in [4.78, 5) is 15.5. The van der Waals surface area contributed by atoms with Crippen molar-refractivity contribution in [2.45, 2.75) is 71.1 Å². The van der Waals surface area contributed by atoms with Crippen LogP contribution < -0.4 is 11.1 Å². The number of hydrogen-bond acceptors (Lipinski definition) is 5. The zero-order chi connectivity index (χ0) is 20.0. The van der Waals surface area contributed by atoms with Crippen LogP contribution >= 0.6 is 0 Å². The van der Waals surface area contributed by atoms with Crippen LogP contribution in [0.4, 0.5) is 0 Å². The lowest BCUT2D eigenvalue weighted by Gasteiger charge is -2.03. The lowest BCUT2D eigenvalue weighted by Crippen LogP contribution is -2.31. The first-order valence-corrected chi connectivity index (χ1v) is 10.6. The number of benzene rings is 1. The molecule has 2 aromatic rings. The minimum absolute atomic E-state index is 0.0135. The van der Waals surface area contributed by atoms with Gasteiger partial charge >= 0.3 is 0 Å². The number of amides is 1. The van der Waals surface area contributed by atoms with Gasteiger partial charge in [0.05, 0.1) is 6.54 Å². The fraction of sp³-hybridized carbons (Fsp3) is 0.591. The van der Waals surface area contributed by atoms with Gasteiger partial charge in [-0.25, -0.2) is 0 Å². The van der Waals surface area contributed by atoms with Crippen LogP contribution in [0.1, 0.15) is 69.7 Å². The van der Waals surface area contributed by atoms with Crippen molar-refractivity contribution < 1.29 is 9.32 Å². The van der Waals surface area contributed by atoms with E-state index in [1.54, 1.807) is 0 Å². The van der Waals surface area contributed by atoms with E-state index in [2.05, 4.69) is 34.5 Å². The van der Waals surface area contributed by atoms with E-state index in [9.17, 15) is 4.79 Å².